The maximum Gasteiger partial charge on any atom is 0.0834 e. The van der Waals surface area contributed by atoms with Gasteiger partial charge in [-0.25, -0.2) is 0 Å². The van der Waals surface area contributed by atoms with Gasteiger partial charge in [-0.05, 0) is 12.3 Å². The second kappa shape index (κ2) is 4.80. The van der Waals surface area contributed by atoms with Crippen LogP contribution in [0.2, 0.25) is 5.02 Å². The third-order valence-electron chi connectivity index (χ3n) is 2.30. The van der Waals surface area contributed by atoms with E-state index in [1.807, 2.05) is 4.68 Å². The van der Waals surface area contributed by atoms with Crippen LogP contribution in [0.3, 0.4) is 0 Å². The Morgan fingerprint density at radius 1 is 1.57 bits per heavy atom. The molecule has 2 N–H and O–H groups in total. The van der Waals surface area contributed by atoms with Gasteiger partial charge in [0.15, 0.2) is 0 Å². The number of hydrogen-bond donors (Lipinski definition) is 1. The molecular formula is C10H18ClN3. The van der Waals surface area contributed by atoms with Gasteiger partial charge in [-0.15, -0.1) is 0 Å². The Kier molecular flexibility index (Phi) is 3.96. The van der Waals surface area contributed by atoms with E-state index in [1.165, 1.54) is 0 Å². The lowest BCUT2D eigenvalue weighted by atomic mass is 10.0. The standard InChI is InChI=1S/C10H18ClN3/c1-4-5-14-10(8(11)6-13-14)9(12)7(2)3/h6-7,9H,4-5,12H2,1-3H3. The summed E-state index contributed by atoms with van der Waals surface area (Å²) in [7, 11) is 0. The fourth-order valence-corrected chi connectivity index (χ4v) is 1.68. The molecule has 1 aromatic heterocycles. The minimum atomic E-state index is -0.0310. The molecule has 0 saturated carbocycles. The van der Waals surface area contributed by atoms with Gasteiger partial charge in [0.2, 0.25) is 0 Å². The van der Waals surface area contributed by atoms with Gasteiger partial charge in [-0.1, -0.05) is 32.4 Å². The molecule has 0 radical (unpaired) electrons. The molecule has 0 saturated heterocycles. The summed E-state index contributed by atoms with van der Waals surface area (Å²) in [6.45, 7) is 7.16. The Balaban J connectivity index is 2.97. The first kappa shape index (κ1) is 11.5. The fourth-order valence-electron chi connectivity index (χ4n) is 1.41. The number of halogens is 1. The van der Waals surface area contributed by atoms with Crippen LogP contribution in [0.4, 0.5) is 0 Å². The van der Waals surface area contributed by atoms with Crippen LogP contribution in [-0.2, 0) is 6.54 Å². The van der Waals surface area contributed by atoms with Gasteiger partial charge in [0.1, 0.15) is 0 Å². The van der Waals surface area contributed by atoms with Gasteiger partial charge in [0.25, 0.3) is 0 Å². The lowest BCUT2D eigenvalue weighted by Gasteiger charge is -2.17. The first-order valence-corrected chi connectivity index (χ1v) is 5.42. The zero-order valence-corrected chi connectivity index (χ0v) is 9.75. The summed E-state index contributed by atoms with van der Waals surface area (Å²) in [4.78, 5) is 0. The zero-order chi connectivity index (χ0) is 10.7. The monoisotopic (exact) mass is 215 g/mol. The van der Waals surface area contributed by atoms with Gasteiger partial charge < -0.3 is 5.73 Å². The van der Waals surface area contributed by atoms with Crippen LogP contribution in [0.25, 0.3) is 0 Å². The second-order valence-corrected chi connectivity index (χ2v) is 4.28. The molecule has 1 rings (SSSR count). The summed E-state index contributed by atoms with van der Waals surface area (Å²) < 4.78 is 1.91. The van der Waals surface area contributed by atoms with Crippen molar-refractivity contribution in [3.63, 3.8) is 0 Å². The van der Waals surface area contributed by atoms with Crippen molar-refractivity contribution >= 4 is 11.6 Å². The molecule has 1 heterocycles. The average Bonchev–Trinajstić information content (AvgIpc) is 2.47. The maximum absolute atomic E-state index is 6.07. The molecule has 4 heteroatoms. The number of hydrogen-bond acceptors (Lipinski definition) is 2. The minimum absolute atomic E-state index is 0.0310. The smallest absolute Gasteiger partial charge is 0.0834 e. The normalized spacial score (nSPS) is 13.6. The number of nitrogens with zero attached hydrogens (tertiary/aromatic N) is 2. The predicted molar refractivity (Wildman–Crippen MR) is 59.3 cm³/mol. The van der Waals surface area contributed by atoms with Crippen LogP contribution < -0.4 is 5.73 Å². The molecule has 0 bridgehead atoms. The Labute approximate surface area is 90.2 Å². The number of aromatic nitrogens is 2. The van der Waals surface area contributed by atoms with E-state index in [9.17, 15) is 0 Å². The summed E-state index contributed by atoms with van der Waals surface area (Å²) in [6, 6.07) is -0.0310. The molecule has 1 aromatic rings. The van der Waals surface area contributed by atoms with Gasteiger partial charge in [0.05, 0.1) is 23.0 Å². The molecule has 14 heavy (non-hydrogen) atoms. The molecule has 0 aromatic carbocycles. The molecule has 3 nitrogen and oxygen atoms in total. The summed E-state index contributed by atoms with van der Waals surface area (Å²) >= 11 is 6.06. The molecule has 0 spiro atoms. The SMILES string of the molecule is CCCn1ncc(Cl)c1C(N)C(C)C. The molecule has 1 atom stereocenters. The molecule has 0 aliphatic carbocycles. The summed E-state index contributed by atoms with van der Waals surface area (Å²) in [5.74, 6) is 0.375. The largest absolute Gasteiger partial charge is 0.322 e. The van der Waals surface area contributed by atoms with Crippen molar-refractivity contribution in [1.29, 1.82) is 0 Å². The summed E-state index contributed by atoms with van der Waals surface area (Å²) in [5.41, 5.74) is 7.03. The molecular weight excluding hydrogens is 198 g/mol. The van der Waals surface area contributed by atoms with Crippen LogP contribution in [-0.4, -0.2) is 9.78 Å². The van der Waals surface area contributed by atoms with Crippen LogP contribution >= 0.6 is 11.6 Å². The Morgan fingerprint density at radius 2 is 2.21 bits per heavy atom. The Morgan fingerprint density at radius 3 is 2.71 bits per heavy atom. The van der Waals surface area contributed by atoms with Crippen LogP contribution in [0.5, 0.6) is 0 Å². The lowest BCUT2D eigenvalue weighted by molar-refractivity contribution is 0.458. The van der Waals surface area contributed by atoms with Crippen molar-refractivity contribution in [2.24, 2.45) is 11.7 Å². The van der Waals surface area contributed by atoms with Crippen LogP contribution in [0.1, 0.15) is 38.9 Å². The van der Waals surface area contributed by atoms with E-state index < -0.39 is 0 Å². The third-order valence-corrected chi connectivity index (χ3v) is 2.59. The molecule has 0 aliphatic heterocycles. The molecule has 0 aliphatic rings. The topological polar surface area (TPSA) is 43.8 Å². The van der Waals surface area contributed by atoms with Crippen molar-refractivity contribution in [2.75, 3.05) is 0 Å². The predicted octanol–water partition coefficient (Wildman–Crippen LogP) is 2.60. The highest BCUT2D eigenvalue weighted by atomic mass is 35.5. The van der Waals surface area contributed by atoms with E-state index in [1.54, 1.807) is 6.20 Å². The fraction of sp³-hybridized carbons (Fsp3) is 0.700. The van der Waals surface area contributed by atoms with E-state index in [4.69, 9.17) is 17.3 Å². The number of aryl methyl sites for hydroxylation is 1. The van der Waals surface area contributed by atoms with Gasteiger partial charge in [0, 0.05) is 6.54 Å². The van der Waals surface area contributed by atoms with Gasteiger partial charge >= 0.3 is 0 Å². The molecule has 0 fully saturated rings. The number of rotatable bonds is 4. The van der Waals surface area contributed by atoms with Crippen molar-refractivity contribution < 1.29 is 0 Å². The highest BCUT2D eigenvalue weighted by molar-refractivity contribution is 6.31. The van der Waals surface area contributed by atoms with E-state index in [-0.39, 0.29) is 6.04 Å². The van der Waals surface area contributed by atoms with Crippen LogP contribution in [0.15, 0.2) is 6.20 Å². The Bertz CT molecular complexity index is 294. The van der Waals surface area contributed by atoms with Gasteiger partial charge in [-0.3, -0.25) is 4.68 Å². The highest BCUT2D eigenvalue weighted by Gasteiger charge is 2.19. The summed E-state index contributed by atoms with van der Waals surface area (Å²) in [5, 5.41) is 4.89. The van der Waals surface area contributed by atoms with Crippen LogP contribution in [0, 0.1) is 5.92 Å². The van der Waals surface area contributed by atoms with E-state index in [2.05, 4.69) is 25.9 Å². The Hall–Kier alpha value is -0.540. The van der Waals surface area contributed by atoms with Crippen molar-refractivity contribution in [1.82, 2.24) is 9.78 Å². The maximum atomic E-state index is 6.07. The minimum Gasteiger partial charge on any atom is -0.322 e. The highest BCUT2D eigenvalue weighted by Crippen LogP contribution is 2.26. The molecule has 1 unspecified atom stereocenters. The van der Waals surface area contributed by atoms with E-state index >= 15 is 0 Å². The first-order valence-electron chi connectivity index (χ1n) is 5.04. The van der Waals surface area contributed by atoms with Gasteiger partial charge in [-0.2, -0.15) is 5.10 Å². The summed E-state index contributed by atoms with van der Waals surface area (Å²) in [6.07, 6.45) is 2.71. The first-order chi connectivity index (χ1) is 6.57. The zero-order valence-electron chi connectivity index (χ0n) is 9.00. The molecule has 0 amide bonds. The quantitative estimate of drug-likeness (QED) is 0.839. The molecule has 80 valence electrons. The van der Waals surface area contributed by atoms with Crippen molar-refractivity contribution in [3.05, 3.63) is 16.9 Å². The van der Waals surface area contributed by atoms with Crippen molar-refractivity contribution in [2.45, 2.75) is 39.8 Å². The second-order valence-electron chi connectivity index (χ2n) is 3.87. The van der Waals surface area contributed by atoms with E-state index in [0.29, 0.717) is 10.9 Å². The van der Waals surface area contributed by atoms with Crippen molar-refractivity contribution in [3.8, 4) is 0 Å². The third kappa shape index (κ3) is 2.28. The average molecular weight is 216 g/mol. The number of nitrogens with two attached hydrogens (primary N) is 1. The van der Waals surface area contributed by atoms with E-state index in [0.717, 1.165) is 18.7 Å². The lowest BCUT2D eigenvalue weighted by Crippen LogP contribution is -2.21.